The highest BCUT2D eigenvalue weighted by atomic mass is 16.5. The molecule has 94 valence electrons. The van der Waals surface area contributed by atoms with Gasteiger partial charge in [0.2, 0.25) is 5.91 Å². The minimum Gasteiger partial charge on any atom is -0.373 e. The van der Waals surface area contributed by atoms with Gasteiger partial charge in [0, 0.05) is 26.1 Å². The summed E-state index contributed by atoms with van der Waals surface area (Å²) in [6.45, 7) is 2.81. The van der Waals surface area contributed by atoms with E-state index in [0.29, 0.717) is 39.2 Å². The number of aryl methyl sites for hydroxylation is 1. The molecule has 0 spiro atoms. The van der Waals surface area contributed by atoms with E-state index in [4.69, 9.17) is 10.5 Å². The molecular weight excluding hydrogens is 222 g/mol. The second-order valence-electron chi connectivity index (χ2n) is 3.98. The molecule has 0 saturated carbocycles. The van der Waals surface area contributed by atoms with Crippen LogP contribution in [-0.2, 0) is 16.1 Å². The van der Waals surface area contributed by atoms with Crippen molar-refractivity contribution < 1.29 is 9.53 Å². The summed E-state index contributed by atoms with van der Waals surface area (Å²) in [4.78, 5) is 17.6. The Hall–Kier alpha value is -1.47. The van der Waals surface area contributed by atoms with Crippen molar-refractivity contribution in [2.45, 2.75) is 19.1 Å². The molecule has 1 aromatic rings. The molecule has 1 saturated heterocycles. The van der Waals surface area contributed by atoms with E-state index in [2.05, 4.69) is 10.1 Å². The summed E-state index contributed by atoms with van der Waals surface area (Å²) in [6.07, 6.45) is 3.47. The first-order valence-electron chi connectivity index (χ1n) is 5.71. The summed E-state index contributed by atoms with van der Waals surface area (Å²) in [5, 5.41) is 3.95. The quantitative estimate of drug-likeness (QED) is 0.717. The van der Waals surface area contributed by atoms with Gasteiger partial charge < -0.3 is 15.4 Å². The highest BCUT2D eigenvalue weighted by molar-refractivity contribution is 5.76. The van der Waals surface area contributed by atoms with Crippen LogP contribution in [0.2, 0.25) is 0 Å². The third-order valence-corrected chi connectivity index (χ3v) is 2.78. The van der Waals surface area contributed by atoms with Crippen LogP contribution < -0.4 is 5.73 Å². The third-order valence-electron chi connectivity index (χ3n) is 2.78. The predicted molar refractivity (Wildman–Crippen MR) is 60.0 cm³/mol. The van der Waals surface area contributed by atoms with Crippen LogP contribution in [0, 0.1) is 0 Å². The molecule has 0 aliphatic carbocycles. The molecule has 7 nitrogen and oxygen atoms in total. The number of carbonyl (C=O) groups is 1. The number of hydrogen-bond acceptors (Lipinski definition) is 5. The van der Waals surface area contributed by atoms with Crippen molar-refractivity contribution in [2.24, 2.45) is 5.73 Å². The van der Waals surface area contributed by atoms with E-state index in [1.54, 1.807) is 15.9 Å². The van der Waals surface area contributed by atoms with Crippen LogP contribution in [0.1, 0.15) is 6.42 Å². The number of rotatable bonds is 4. The monoisotopic (exact) mass is 239 g/mol. The van der Waals surface area contributed by atoms with Gasteiger partial charge in [-0.25, -0.2) is 4.98 Å². The van der Waals surface area contributed by atoms with E-state index in [1.807, 2.05) is 0 Å². The van der Waals surface area contributed by atoms with E-state index in [0.717, 1.165) is 0 Å². The second-order valence-corrected chi connectivity index (χ2v) is 3.98. The maximum absolute atomic E-state index is 11.9. The first kappa shape index (κ1) is 12.0. The fourth-order valence-corrected chi connectivity index (χ4v) is 1.80. The van der Waals surface area contributed by atoms with E-state index >= 15 is 0 Å². The lowest BCUT2D eigenvalue weighted by molar-refractivity contribution is -0.138. The fourth-order valence-electron chi connectivity index (χ4n) is 1.80. The van der Waals surface area contributed by atoms with Crippen molar-refractivity contribution in [2.75, 3.05) is 26.2 Å². The topological polar surface area (TPSA) is 86.3 Å². The first-order valence-corrected chi connectivity index (χ1v) is 5.71. The Morgan fingerprint density at radius 1 is 1.59 bits per heavy atom. The Labute approximate surface area is 99.5 Å². The largest absolute Gasteiger partial charge is 0.373 e. The van der Waals surface area contributed by atoms with Gasteiger partial charge in [0.1, 0.15) is 12.7 Å². The molecule has 0 bridgehead atoms. The summed E-state index contributed by atoms with van der Waals surface area (Å²) in [5.74, 6) is 0.113. The maximum atomic E-state index is 11.9. The summed E-state index contributed by atoms with van der Waals surface area (Å²) >= 11 is 0. The van der Waals surface area contributed by atoms with Crippen molar-refractivity contribution in [3.05, 3.63) is 12.7 Å². The van der Waals surface area contributed by atoms with Crippen LogP contribution in [0.15, 0.2) is 12.7 Å². The van der Waals surface area contributed by atoms with Gasteiger partial charge in [-0.1, -0.05) is 0 Å². The van der Waals surface area contributed by atoms with E-state index in [9.17, 15) is 4.79 Å². The van der Waals surface area contributed by atoms with Crippen LogP contribution >= 0.6 is 0 Å². The zero-order valence-electron chi connectivity index (χ0n) is 9.66. The number of morpholine rings is 1. The molecule has 1 amide bonds. The van der Waals surface area contributed by atoms with Gasteiger partial charge in [-0.05, 0) is 0 Å². The number of nitrogens with two attached hydrogens (primary N) is 1. The molecule has 1 aromatic heterocycles. The Balaban J connectivity index is 1.79. The van der Waals surface area contributed by atoms with Crippen molar-refractivity contribution in [3.63, 3.8) is 0 Å². The maximum Gasteiger partial charge on any atom is 0.224 e. The normalized spacial score (nSPS) is 20.5. The van der Waals surface area contributed by atoms with Crippen molar-refractivity contribution in [1.29, 1.82) is 0 Å². The molecule has 0 aromatic carbocycles. The van der Waals surface area contributed by atoms with Gasteiger partial charge in [0.15, 0.2) is 0 Å². The summed E-state index contributed by atoms with van der Waals surface area (Å²) < 4.78 is 7.06. The number of nitrogens with zero attached hydrogens (tertiary/aromatic N) is 4. The lowest BCUT2D eigenvalue weighted by Gasteiger charge is -2.32. The molecule has 1 aliphatic rings. The van der Waals surface area contributed by atoms with Crippen molar-refractivity contribution in [3.8, 4) is 0 Å². The van der Waals surface area contributed by atoms with Crippen LogP contribution in [0.5, 0.6) is 0 Å². The average molecular weight is 239 g/mol. The minimum atomic E-state index is -0.0286. The molecule has 2 rings (SSSR count). The molecule has 2 N–H and O–H groups in total. The van der Waals surface area contributed by atoms with Gasteiger partial charge in [-0.2, -0.15) is 5.10 Å². The lowest BCUT2D eigenvalue weighted by atomic mass is 10.2. The Morgan fingerprint density at radius 2 is 2.47 bits per heavy atom. The van der Waals surface area contributed by atoms with Gasteiger partial charge in [0.05, 0.1) is 19.3 Å². The third kappa shape index (κ3) is 3.24. The van der Waals surface area contributed by atoms with Crippen LogP contribution in [-0.4, -0.2) is 57.9 Å². The zero-order chi connectivity index (χ0) is 12.1. The molecule has 1 aliphatic heterocycles. The first-order chi connectivity index (χ1) is 8.29. The Kier molecular flexibility index (Phi) is 4.05. The van der Waals surface area contributed by atoms with Crippen molar-refractivity contribution in [1.82, 2.24) is 19.7 Å². The van der Waals surface area contributed by atoms with Gasteiger partial charge in [-0.3, -0.25) is 9.48 Å². The standard InChI is InChI=1S/C10H17N5O2/c11-5-9-6-14(3-4-17-9)10(16)1-2-15-8-12-7-13-15/h7-9H,1-6,11H2. The highest BCUT2D eigenvalue weighted by Gasteiger charge is 2.22. The molecule has 1 unspecified atom stereocenters. The summed E-state index contributed by atoms with van der Waals surface area (Å²) in [6, 6.07) is 0. The minimum absolute atomic E-state index is 0.0286. The number of aromatic nitrogens is 3. The van der Waals surface area contributed by atoms with E-state index < -0.39 is 0 Å². The average Bonchev–Trinajstić information content (AvgIpc) is 2.89. The molecule has 0 radical (unpaired) electrons. The smallest absolute Gasteiger partial charge is 0.224 e. The van der Waals surface area contributed by atoms with E-state index in [1.165, 1.54) is 6.33 Å². The molecule has 1 fully saturated rings. The molecular formula is C10H17N5O2. The van der Waals surface area contributed by atoms with Crippen LogP contribution in [0.3, 0.4) is 0 Å². The van der Waals surface area contributed by atoms with E-state index in [-0.39, 0.29) is 12.0 Å². The SMILES string of the molecule is NCC1CN(C(=O)CCn2cncn2)CCO1. The highest BCUT2D eigenvalue weighted by Crippen LogP contribution is 2.06. The van der Waals surface area contributed by atoms with Gasteiger partial charge in [0.25, 0.3) is 0 Å². The molecule has 7 heteroatoms. The molecule has 17 heavy (non-hydrogen) atoms. The Morgan fingerprint density at radius 3 is 3.18 bits per heavy atom. The lowest BCUT2D eigenvalue weighted by Crippen LogP contribution is -2.48. The fraction of sp³-hybridized carbons (Fsp3) is 0.700. The second kappa shape index (κ2) is 5.74. The number of amides is 1. The number of ether oxygens (including phenoxy) is 1. The van der Waals surface area contributed by atoms with Gasteiger partial charge in [-0.15, -0.1) is 0 Å². The van der Waals surface area contributed by atoms with Crippen LogP contribution in [0.4, 0.5) is 0 Å². The van der Waals surface area contributed by atoms with Gasteiger partial charge >= 0.3 is 0 Å². The summed E-state index contributed by atoms with van der Waals surface area (Å²) in [7, 11) is 0. The number of hydrogen-bond donors (Lipinski definition) is 1. The van der Waals surface area contributed by atoms with Crippen LogP contribution in [0.25, 0.3) is 0 Å². The molecule has 2 heterocycles. The predicted octanol–water partition coefficient (Wildman–Crippen LogP) is -1.15. The number of carbonyl (C=O) groups excluding carboxylic acids is 1. The Bertz CT molecular complexity index is 354. The van der Waals surface area contributed by atoms with Crippen molar-refractivity contribution >= 4 is 5.91 Å². The zero-order valence-corrected chi connectivity index (χ0v) is 9.66. The summed E-state index contributed by atoms with van der Waals surface area (Å²) in [5.41, 5.74) is 5.53. The molecule has 1 atom stereocenters.